The van der Waals surface area contributed by atoms with Gasteiger partial charge in [-0.3, -0.25) is 4.99 Å². The van der Waals surface area contributed by atoms with Gasteiger partial charge >= 0.3 is 11.9 Å². The van der Waals surface area contributed by atoms with Crippen LogP contribution in [0.1, 0.15) is 12.0 Å². The number of esters is 1. The monoisotopic (exact) mass is 269 g/mol. The largest absolute Gasteiger partial charge is 0.478 e. The van der Waals surface area contributed by atoms with E-state index in [-0.39, 0.29) is 11.1 Å². The lowest BCUT2D eigenvalue weighted by Crippen LogP contribution is -2.20. The van der Waals surface area contributed by atoms with Crippen molar-refractivity contribution in [3.8, 4) is 0 Å². The van der Waals surface area contributed by atoms with E-state index in [1.54, 1.807) is 0 Å². The Labute approximate surface area is 114 Å². The van der Waals surface area contributed by atoms with E-state index in [4.69, 9.17) is 4.74 Å². The first-order chi connectivity index (χ1) is 9.63. The zero-order chi connectivity index (χ0) is 14.3. The Morgan fingerprint density at radius 2 is 2.05 bits per heavy atom. The van der Waals surface area contributed by atoms with Crippen LogP contribution in [0.5, 0.6) is 0 Å². The van der Waals surface area contributed by atoms with Crippen LogP contribution in [0.25, 0.3) is 5.57 Å². The van der Waals surface area contributed by atoms with Gasteiger partial charge < -0.3 is 9.84 Å². The van der Waals surface area contributed by atoms with Crippen molar-refractivity contribution in [3.05, 3.63) is 47.1 Å². The molecule has 0 amide bonds. The highest BCUT2D eigenvalue weighted by atomic mass is 16.5. The summed E-state index contributed by atoms with van der Waals surface area (Å²) in [5.41, 5.74) is 2.86. The molecule has 0 bridgehead atoms. The number of rotatable bonds is 2. The molecular formula is C15H11NO4. The summed E-state index contributed by atoms with van der Waals surface area (Å²) in [5, 5.41) is 9.27. The minimum atomic E-state index is -1.14. The summed E-state index contributed by atoms with van der Waals surface area (Å²) in [7, 11) is 1.24. The Morgan fingerprint density at radius 1 is 1.30 bits per heavy atom. The van der Waals surface area contributed by atoms with Gasteiger partial charge in [-0.15, -0.1) is 0 Å². The zero-order valence-electron chi connectivity index (χ0n) is 10.7. The summed E-state index contributed by atoms with van der Waals surface area (Å²) in [4.78, 5) is 27.8. The van der Waals surface area contributed by atoms with Crippen LogP contribution < -0.4 is 0 Å². The second-order valence-electron chi connectivity index (χ2n) is 4.44. The van der Waals surface area contributed by atoms with Gasteiger partial charge in [0.1, 0.15) is 0 Å². The van der Waals surface area contributed by atoms with Gasteiger partial charge in [-0.25, -0.2) is 9.59 Å². The molecule has 2 aliphatic rings. The highest BCUT2D eigenvalue weighted by Gasteiger charge is 2.34. The molecule has 0 unspecified atom stereocenters. The van der Waals surface area contributed by atoms with Crippen LogP contribution in [-0.4, -0.2) is 29.9 Å². The standard InChI is InChI=1S/C15H11NO4/c1-20-15(19)13-9(14(17)18)6-7-11-12(13)8-4-2-3-5-10(8)16-11/h2-6H,7H2,1H3,(H,17,18). The zero-order valence-corrected chi connectivity index (χ0v) is 10.7. The molecule has 0 fully saturated rings. The smallest absolute Gasteiger partial charge is 0.339 e. The maximum atomic E-state index is 12.0. The number of carboxylic acids is 1. The van der Waals surface area contributed by atoms with Crippen LogP contribution in [0.4, 0.5) is 5.69 Å². The molecule has 1 aliphatic heterocycles. The summed E-state index contributed by atoms with van der Waals surface area (Å²) in [6.45, 7) is 0. The van der Waals surface area contributed by atoms with Crippen LogP contribution >= 0.6 is 0 Å². The fourth-order valence-electron chi connectivity index (χ4n) is 2.51. The van der Waals surface area contributed by atoms with E-state index in [0.717, 1.165) is 11.3 Å². The van der Waals surface area contributed by atoms with Crippen molar-refractivity contribution in [2.45, 2.75) is 6.42 Å². The number of nitrogens with zero attached hydrogens (tertiary/aromatic N) is 1. The first kappa shape index (κ1) is 12.3. The van der Waals surface area contributed by atoms with Gasteiger partial charge in [-0.05, 0) is 6.07 Å². The van der Waals surface area contributed by atoms with Crippen LogP contribution in [-0.2, 0) is 14.3 Å². The minimum Gasteiger partial charge on any atom is -0.478 e. The molecule has 1 aliphatic carbocycles. The highest BCUT2D eigenvalue weighted by Crippen LogP contribution is 2.41. The van der Waals surface area contributed by atoms with Gasteiger partial charge in [0.05, 0.1) is 29.7 Å². The SMILES string of the molecule is COC(=O)C1=C2C(=Nc3ccccc32)CC=C1C(=O)O. The van der Waals surface area contributed by atoms with E-state index in [1.165, 1.54) is 13.2 Å². The van der Waals surface area contributed by atoms with Crippen molar-refractivity contribution < 1.29 is 19.4 Å². The number of carbonyl (C=O) groups excluding carboxylic acids is 1. The van der Waals surface area contributed by atoms with Gasteiger partial charge in [0.15, 0.2) is 0 Å². The molecule has 1 N–H and O–H groups in total. The second kappa shape index (κ2) is 4.45. The van der Waals surface area contributed by atoms with E-state index in [9.17, 15) is 14.7 Å². The molecule has 5 heteroatoms. The molecule has 0 aromatic heterocycles. The fraction of sp³-hybridized carbons (Fsp3) is 0.133. The second-order valence-corrected chi connectivity index (χ2v) is 4.44. The normalized spacial score (nSPS) is 16.1. The van der Waals surface area contributed by atoms with E-state index in [1.807, 2.05) is 24.3 Å². The molecule has 0 saturated carbocycles. The third kappa shape index (κ3) is 1.67. The molecule has 1 heterocycles. The van der Waals surface area contributed by atoms with Crippen molar-refractivity contribution in [2.75, 3.05) is 7.11 Å². The quantitative estimate of drug-likeness (QED) is 0.834. The lowest BCUT2D eigenvalue weighted by molar-refractivity contribution is -0.138. The summed E-state index contributed by atoms with van der Waals surface area (Å²) < 4.78 is 4.74. The van der Waals surface area contributed by atoms with Crippen LogP contribution in [0.2, 0.25) is 0 Å². The third-order valence-electron chi connectivity index (χ3n) is 3.36. The number of ether oxygens (including phenoxy) is 1. The predicted molar refractivity (Wildman–Crippen MR) is 72.8 cm³/mol. The molecule has 20 heavy (non-hydrogen) atoms. The Bertz CT molecular complexity index is 725. The molecule has 1 aromatic rings. The van der Waals surface area contributed by atoms with Crippen molar-refractivity contribution in [2.24, 2.45) is 4.99 Å². The topological polar surface area (TPSA) is 76.0 Å². The maximum Gasteiger partial charge on any atom is 0.339 e. The number of para-hydroxylation sites is 1. The average molecular weight is 269 g/mol. The first-order valence-corrected chi connectivity index (χ1v) is 6.07. The molecule has 0 radical (unpaired) electrons. The summed E-state index contributed by atoms with van der Waals surface area (Å²) in [6.07, 6.45) is 1.90. The third-order valence-corrected chi connectivity index (χ3v) is 3.36. The number of fused-ring (bicyclic) bond motifs is 3. The van der Waals surface area contributed by atoms with Gasteiger partial charge in [-0.1, -0.05) is 24.3 Å². The molecule has 100 valence electrons. The van der Waals surface area contributed by atoms with Crippen LogP contribution in [0, 0.1) is 0 Å². The number of carboxylic acid groups (broad SMARTS) is 1. The fourth-order valence-corrected chi connectivity index (χ4v) is 2.51. The number of hydrogen-bond acceptors (Lipinski definition) is 4. The number of hydrogen-bond donors (Lipinski definition) is 1. The van der Waals surface area contributed by atoms with Crippen molar-refractivity contribution in [1.29, 1.82) is 0 Å². The molecule has 3 rings (SSSR count). The molecule has 5 nitrogen and oxygen atoms in total. The molecular weight excluding hydrogens is 258 g/mol. The molecule has 0 atom stereocenters. The maximum absolute atomic E-state index is 12.0. The van der Waals surface area contributed by atoms with Crippen molar-refractivity contribution in [3.63, 3.8) is 0 Å². The van der Waals surface area contributed by atoms with Crippen molar-refractivity contribution >= 4 is 28.9 Å². The van der Waals surface area contributed by atoms with Gasteiger partial charge in [-0.2, -0.15) is 0 Å². The average Bonchev–Trinajstić information content (AvgIpc) is 2.83. The van der Waals surface area contributed by atoms with E-state index in [2.05, 4.69) is 4.99 Å². The van der Waals surface area contributed by atoms with E-state index >= 15 is 0 Å². The van der Waals surface area contributed by atoms with Gasteiger partial charge in [0.25, 0.3) is 0 Å². The van der Waals surface area contributed by atoms with Crippen molar-refractivity contribution in [1.82, 2.24) is 0 Å². The van der Waals surface area contributed by atoms with E-state index < -0.39 is 11.9 Å². The number of methoxy groups -OCH3 is 1. The van der Waals surface area contributed by atoms with Gasteiger partial charge in [0.2, 0.25) is 0 Å². The van der Waals surface area contributed by atoms with E-state index in [0.29, 0.717) is 17.7 Å². The minimum absolute atomic E-state index is 0.0255. The number of benzene rings is 1. The highest BCUT2D eigenvalue weighted by molar-refractivity contribution is 6.36. The summed E-state index contributed by atoms with van der Waals surface area (Å²) >= 11 is 0. The number of aliphatic imine (C=N–C) groups is 1. The summed E-state index contributed by atoms with van der Waals surface area (Å²) in [6, 6.07) is 7.35. The predicted octanol–water partition coefficient (Wildman–Crippen LogP) is 2.11. The lowest BCUT2D eigenvalue weighted by Gasteiger charge is -2.16. The Balaban J connectivity index is 2.29. The number of allylic oxidation sites excluding steroid dienone is 2. The van der Waals surface area contributed by atoms with Crippen LogP contribution in [0.3, 0.4) is 0 Å². The number of carbonyl (C=O) groups is 2. The molecule has 1 aromatic carbocycles. The Morgan fingerprint density at radius 3 is 2.75 bits per heavy atom. The molecule has 0 saturated heterocycles. The van der Waals surface area contributed by atoms with Crippen LogP contribution in [0.15, 0.2) is 46.5 Å². The Kier molecular flexibility index (Phi) is 2.75. The summed E-state index contributed by atoms with van der Waals surface area (Å²) in [5.74, 6) is -1.79. The number of aliphatic carboxylic acids is 1. The van der Waals surface area contributed by atoms with Gasteiger partial charge in [0, 0.05) is 17.6 Å². The Hall–Kier alpha value is -2.69. The lowest BCUT2D eigenvalue weighted by atomic mass is 9.86. The first-order valence-electron chi connectivity index (χ1n) is 6.07. The molecule has 0 spiro atoms.